The van der Waals surface area contributed by atoms with Crippen molar-refractivity contribution in [2.24, 2.45) is 0 Å². The first-order valence-corrected chi connectivity index (χ1v) is 7.96. The molecule has 0 N–H and O–H groups in total. The first-order valence-electron chi connectivity index (χ1n) is 5.63. The number of benzene rings is 2. The number of hydrogen-bond donors (Lipinski definition) is 0. The molecule has 0 saturated heterocycles. The van der Waals surface area contributed by atoms with Crippen LogP contribution in [0.25, 0.3) is 10.1 Å². The van der Waals surface area contributed by atoms with Crippen molar-refractivity contribution in [3.05, 3.63) is 67.6 Å². The number of halogens is 2. The normalized spacial score (nSPS) is 10.8. The van der Waals surface area contributed by atoms with Crippen LogP contribution in [-0.4, -0.2) is 5.78 Å². The minimum Gasteiger partial charge on any atom is -0.289 e. The monoisotopic (exact) mass is 398 g/mol. The highest BCUT2D eigenvalue weighted by molar-refractivity contribution is 14.1. The maximum absolute atomic E-state index is 12.6. The molecule has 0 bridgehead atoms. The van der Waals surface area contributed by atoms with Crippen LogP contribution in [0.15, 0.2) is 47.8 Å². The van der Waals surface area contributed by atoms with Gasteiger partial charge in [0.15, 0.2) is 5.78 Å². The van der Waals surface area contributed by atoms with E-state index in [9.17, 15) is 4.79 Å². The van der Waals surface area contributed by atoms with Gasteiger partial charge in [-0.1, -0.05) is 23.7 Å². The molecule has 3 aromatic rings. The largest absolute Gasteiger partial charge is 0.289 e. The van der Waals surface area contributed by atoms with Gasteiger partial charge in [-0.05, 0) is 63.7 Å². The molecular weight excluding hydrogens is 391 g/mol. The SMILES string of the molecule is O=C(c1ccc(I)c(Cl)c1)c1cccc2ccsc12. The summed E-state index contributed by atoms with van der Waals surface area (Å²) in [6.07, 6.45) is 0. The fraction of sp³-hybridized carbons (Fsp3) is 0. The van der Waals surface area contributed by atoms with Gasteiger partial charge in [0, 0.05) is 19.4 Å². The number of carbonyl (C=O) groups excluding carboxylic acids is 1. The van der Waals surface area contributed by atoms with Crippen molar-refractivity contribution in [1.29, 1.82) is 0 Å². The fourth-order valence-corrected chi connectivity index (χ4v) is 3.39. The van der Waals surface area contributed by atoms with Crippen LogP contribution < -0.4 is 0 Å². The molecule has 0 unspecified atom stereocenters. The second-order valence-electron chi connectivity index (χ2n) is 4.10. The molecule has 0 spiro atoms. The van der Waals surface area contributed by atoms with E-state index in [-0.39, 0.29) is 5.78 Å². The molecule has 0 atom stereocenters. The quantitative estimate of drug-likeness (QED) is 0.418. The molecule has 0 radical (unpaired) electrons. The zero-order valence-corrected chi connectivity index (χ0v) is 13.4. The van der Waals surface area contributed by atoms with E-state index in [4.69, 9.17) is 11.6 Å². The van der Waals surface area contributed by atoms with Gasteiger partial charge in [-0.2, -0.15) is 0 Å². The molecule has 1 heterocycles. The zero-order chi connectivity index (χ0) is 13.4. The van der Waals surface area contributed by atoms with Crippen LogP contribution in [0.2, 0.25) is 5.02 Å². The van der Waals surface area contributed by atoms with Gasteiger partial charge in [-0.3, -0.25) is 4.79 Å². The average Bonchev–Trinajstić information content (AvgIpc) is 2.89. The second-order valence-corrected chi connectivity index (χ2v) is 6.59. The topological polar surface area (TPSA) is 17.1 Å². The lowest BCUT2D eigenvalue weighted by Crippen LogP contribution is -2.01. The van der Waals surface area contributed by atoms with Gasteiger partial charge in [0.05, 0.1) is 5.02 Å². The summed E-state index contributed by atoms with van der Waals surface area (Å²) in [5.41, 5.74) is 1.37. The summed E-state index contributed by atoms with van der Waals surface area (Å²) in [4.78, 5) is 12.6. The molecule has 3 rings (SSSR count). The molecule has 1 nitrogen and oxygen atoms in total. The highest BCUT2D eigenvalue weighted by Gasteiger charge is 2.14. The molecule has 2 aromatic carbocycles. The summed E-state index contributed by atoms with van der Waals surface area (Å²) in [6.45, 7) is 0. The zero-order valence-electron chi connectivity index (χ0n) is 9.69. The lowest BCUT2D eigenvalue weighted by molar-refractivity contribution is 0.104. The van der Waals surface area contributed by atoms with Crippen LogP contribution in [0.4, 0.5) is 0 Å². The van der Waals surface area contributed by atoms with Crippen molar-refractivity contribution >= 4 is 61.4 Å². The van der Waals surface area contributed by atoms with Crippen LogP contribution in [-0.2, 0) is 0 Å². The minimum absolute atomic E-state index is 0.0198. The van der Waals surface area contributed by atoms with E-state index >= 15 is 0 Å². The standard InChI is InChI=1S/C15H8ClIOS/c16-12-8-10(4-5-13(12)17)14(18)11-3-1-2-9-6-7-19-15(9)11/h1-8H. The first kappa shape index (κ1) is 13.1. The molecule has 94 valence electrons. The third-order valence-corrected chi connectivity index (χ3v) is 5.44. The van der Waals surface area contributed by atoms with Crippen molar-refractivity contribution < 1.29 is 4.79 Å². The molecule has 1 aromatic heterocycles. The summed E-state index contributed by atoms with van der Waals surface area (Å²) in [5, 5.41) is 3.72. The number of hydrogen-bond acceptors (Lipinski definition) is 2. The Hall–Kier alpha value is -0.910. The predicted octanol–water partition coefficient (Wildman–Crippen LogP) is 5.39. The van der Waals surface area contributed by atoms with E-state index < -0.39 is 0 Å². The first-order chi connectivity index (χ1) is 9.16. The van der Waals surface area contributed by atoms with E-state index in [2.05, 4.69) is 22.6 Å². The number of thiophene rings is 1. The van der Waals surface area contributed by atoms with E-state index in [1.807, 2.05) is 41.8 Å². The van der Waals surface area contributed by atoms with Crippen molar-refractivity contribution in [3.8, 4) is 0 Å². The highest BCUT2D eigenvalue weighted by atomic mass is 127. The van der Waals surface area contributed by atoms with E-state index in [1.165, 1.54) is 0 Å². The molecule has 0 fully saturated rings. The third kappa shape index (κ3) is 2.42. The summed E-state index contributed by atoms with van der Waals surface area (Å²) >= 11 is 9.83. The Morgan fingerprint density at radius 1 is 1.16 bits per heavy atom. The summed E-state index contributed by atoms with van der Waals surface area (Å²) < 4.78 is 1.98. The third-order valence-electron chi connectivity index (χ3n) is 2.91. The van der Waals surface area contributed by atoms with Crippen molar-refractivity contribution in [2.45, 2.75) is 0 Å². The lowest BCUT2D eigenvalue weighted by Gasteiger charge is -2.04. The van der Waals surface area contributed by atoms with Crippen LogP contribution >= 0.6 is 45.5 Å². The van der Waals surface area contributed by atoms with Crippen LogP contribution in [0.3, 0.4) is 0 Å². The van der Waals surface area contributed by atoms with Gasteiger partial charge in [0.1, 0.15) is 0 Å². The van der Waals surface area contributed by atoms with Gasteiger partial charge >= 0.3 is 0 Å². The van der Waals surface area contributed by atoms with Gasteiger partial charge in [-0.15, -0.1) is 11.3 Å². The van der Waals surface area contributed by atoms with Crippen LogP contribution in [0.5, 0.6) is 0 Å². The maximum Gasteiger partial charge on any atom is 0.194 e. The molecule has 19 heavy (non-hydrogen) atoms. The van der Waals surface area contributed by atoms with E-state index in [1.54, 1.807) is 17.4 Å². The molecule has 0 aliphatic carbocycles. The van der Waals surface area contributed by atoms with Gasteiger partial charge < -0.3 is 0 Å². The second kappa shape index (κ2) is 5.23. The Kier molecular flexibility index (Phi) is 3.60. The molecule has 0 saturated carbocycles. The number of rotatable bonds is 2. The Labute approximate surface area is 133 Å². The molecule has 4 heteroatoms. The Morgan fingerprint density at radius 2 is 2.00 bits per heavy atom. The molecular formula is C15H8ClIOS. The molecule has 0 amide bonds. The summed E-state index contributed by atoms with van der Waals surface area (Å²) in [7, 11) is 0. The van der Waals surface area contributed by atoms with Crippen molar-refractivity contribution in [1.82, 2.24) is 0 Å². The van der Waals surface area contributed by atoms with E-state index in [0.717, 1.165) is 19.2 Å². The number of carbonyl (C=O) groups is 1. The van der Waals surface area contributed by atoms with E-state index in [0.29, 0.717) is 10.6 Å². The van der Waals surface area contributed by atoms with Gasteiger partial charge in [-0.25, -0.2) is 0 Å². The summed E-state index contributed by atoms with van der Waals surface area (Å²) in [5.74, 6) is 0.0198. The summed E-state index contributed by atoms with van der Waals surface area (Å²) in [6, 6.07) is 13.2. The van der Waals surface area contributed by atoms with Gasteiger partial charge in [0.2, 0.25) is 0 Å². The van der Waals surface area contributed by atoms with Crippen LogP contribution in [0.1, 0.15) is 15.9 Å². The van der Waals surface area contributed by atoms with Crippen LogP contribution in [0, 0.1) is 3.57 Å². The van der Waals surface area contributed by atoms with Gasteiger partial charge in [0.25, 0.3) is 0 Å². The highest BCUT2D eigenvalue weighted by Crippen LogP contribution is 2.28. The minimum atomic E-state index is 0.0198. The maximum atomic E-state index is 12.6. The number of fused-ring (bicyclic) bond motifs is 1. The predicted molar refractivity (Wildman–Crippen MR) is 89.4 cm³/mol. The Bertz CT molecular complexity index is 779. The van der Waals surface area contributed by atoms with Crippen molar-refractivity contribution in [3.63, 3.8) is 0 Å². The van der Waals surface area contributed by atoms with Crippen molar-refractivity contribution in [2.75, 3.05) is 0 Å². The smallest absolute Gasteiger partial charge is 0.194 e. The number of ketones is 1. The fourth-order valence-electron chi connectivity index (χ4n) is 1.96. The average molecular weight is 399 g/mol. The lowest BCUT2D eigenvalue weighted by atomic mass is 10.0. The Morgan fingerprint density at radius 3 is 2.79 bits per heavy atom. The molecule has 0 aliphatic rings. The Balaban J connectivity index is 2.13. The molecule has 0 aliphatic heterocycles.